The molecule has 0 unspecified atom stereocenters. The van der Waals surface area contributed by atoms with E-state index in [2.05, 4.69) is 49.7 Å². The van der Waals surface area contributed by atoms with Gasteiger partial charge < -0.3 is 14.5 Å². The molecule has 5 rings (SSSR count). The number of carbonyl (C=O) groups excluding carboxylic acids is 1. The van der Waals surface area contributed by atoms with Gasteiger partial charge in [0.1, 0.15) is 0 Å². The molecule has 170 valence electrons. The number of ether oxygens (including phenoxy) is 1. The fourth-order valence-corrected chi connectivity index (χ4v) is 5.32. The third-order valence-electron chi connectivity index (χ3n) is 6.35. The lowest BCUT2D eigenvalue weighted by Gasteiger charge is -2.28. The van der Waals surface area contributed by atoms with E-state index in [1.54, 1.807) is 0 Å². The highest BCUT2D eigenvalue weighted by Gasteiger charge is 2.35. The molecule has 1 amide bonds. The van der Waals surface area contributed by atoms with Gasteiger partial charge in [-0.3, -0.25) is 9.36 Å². The Labute approximate surface area is 193 Å². The first-order chi connectivity index (χ1) is 15.7. The molecule has 7 nitrogen and oxygen atoms in total. The Hall–Kier alpha value is -2.32. The van der Waals surface area contributed by atoms with Crippen LogP contribution < -0.4 is 4.90 Å². The molecule has 0 bridgehead atoms. The fraction of sp³-hybridized carbons (Fsp3) is 0.542. The number of carbonyl (C=O) groups is 1. The lowest BCUT2D eigenvalue weighted by molar-refractivity contribution is -0.127. The quantitative estimate of drug-likeness (QED) is 0.592. The maximum atomic E-state index is 13.3. The van der Waals surface area contributed by atoms with Gasteiger partial charge in [-0.15, -0.1) is 10.2 Å². The van der Waals surface area contributed by atoms with E-state index in [4.69, 9.17) is 4.74 Å². The molecule has 0 spiro atoms. The van der Waals surface area contributed by atoms with E-state index in [0.717, 1.165) is 61.1 Å². The van der Waals surface area contributed by atoms with Gasteiger partial charge in [0.05, 0.1) is 24.7 Å². The van der Waals surface area contributed by atoms with Crippen LogP contribution in [0, 0.1) is 6.92 Å². The zero-order valence-corrected chi connectivity index (χ0v) is 19.5. The van der Waals surface area contributed by atoms with E-state index in [1.807, 2.05) is 12.1 Å². The first kappa shape index (κ1) is 21.5. The third kappa shape index (κ3) is 4.57. The topological polar surface area (TPSA) is 63.5 Å². The summed E-state index contributed by atoms with van der Waals surface area (Å²) in [6.45, 7) is 5.05. The largest absolute Gasteiger partial charge is 0.378 e. The van der Waals surface area contributed by atoms with Crippen molar-refractivity contribution in [3.05, 3.63) is 41.6 Å². The molecule has 2 aliphatic carbocycles. The molecule has 0 N–H and O–H groups in total. The van der Waals surface area contributed by atoms with Crippen molar-refractivity contribution < 1.29 is 9.53 Å². The minimum absolute atomic E-state index is 0.193. The zero-order valence-electron chi connectivity index (χ0n) is 18.7. The minimum Gasteiger partial charge on any atom is -0.378 e. The van der Waals surface area contributed by atoms with Crippen LogP contribution in [0.4, 0.5) is 5.95 Å². The summed E-state index contributed by atoms with van der Waals surface area (Å²) in [6.07, 6.45) is 9.03. The maximum Gasteiger partial charge on any atom is 0.237 e. The molecule has 1 aromatic carbocycles. The fourth-order valence-electron chi connectivity index (χ4n) is 4.52. The lowest BCUT2D eigenvalue weighted by atomic mass is 10.0. The summed E-state index contributed by atoms with van der Waals surface area (Å²) in [5, 5.41) is 9.83. The van der Waals surface area contributed by atoms with Crippen molar-refractivity contribution in [3.63, 3.8) is 0 Å². The Morgan fingerprint density at radius 3 is 2.72 bits per heavy atom. The predicted molar refractivity (Wildman–Crippen MR) is 126 cm³/mol. The average molecular weight is 454 g/mol. The van der Waals surface area contributed by atoms with Crippen LogP contribution in [-0.2, 0) is 9.53 Å². The van der Waals surface area contributed by atoms with Gasteiger partial charge in [0.25, 0.3) is 0 Å². The molecule has 0 radical (unpaired) electrons. The number of nitrogens with zero attached hydrogens (tertiary/aromatic N) is 5. The van der Waals surface area contributed by atoms with E-state index >= 15 is 0 Å². The SMILES string of the molecule is Cc1ccccc1-n1c(SCC(=O)N(C2=CCCCC2)C2CC2)nnc1N1CCOCC1. The van der Waals surface area contributed by atoms with Gasteiger partial charge >= 0.3 is 0 Å². The number of allylic oxidation sites excluding steroid dienone is 2. The predicted octanol–water partition coefficient (Wildman–Crippen LogP) is 3.95. The zero-order chi connectivity index (χ0) is 21.9. The molecule has 0 atom stereocenters. The second-order valence-electron chi connectivity index (χ2n) is 8.73. The Morgan fingerprint density at radius 1 is 1.19 bits per heavy atom. The van der Waals surface area contributed by atoms with Crippen molar-refractivity contribution in [1.29, 1.82) is 0 Å². The number of hydrogen-bond acceptors (Lipinski definition) is 6. The molecule has 8 heteroatoms. The Morgan fingerprint density at radius 2 is 2.00 bits per heavy atom. The van der Waals surface area contributed by atoms with Gasteiger partial charge in [0.2, 0.25) is 11.9 Å². The van der Waals surface area contributed by atoms with Crippen LogP contribution in [0.2, 0.25) is 0 Å². The lowest BCUT2D eigenvalue weighted by Crippen LogP contribution is -2.38. The Balaban J connectivity index is 1.39. The number of aromatic nitrogens is 3. The molecule has 2 fully saturated rings. The number of amides is 1. The number of para-hydroxylation sites is 1. The number of rotatable bonds is 7. The van der Waals surface area contributed by atoms with E-state index < -0.39 is 0 Å². The Kier molecular flexibility index (Phi) is 6.50. The highest BCUT2D eigenvalue weighted by Crippen LogP contribution is 2.35. The number of benzene rings is 1. The van der Waals surface area contributed by atoms with Crippen molar-refractivity contribution in [2.75, 3.05) is 37.0 Å². The van der Waals surface area contributed by atoms with Crippen LogP contribution in [-0.4, -0.2) is 63.7 Å². The third-order valence-corrected chi connectivity index (χ3v) is 7.26. The maximum absolute atomic E-state index is 13.3. The standard InChI is InChI=1S/C24H31N5O2S/c1-18-7-5-6-10-21(18)29-23(27-13-15-31-16-14-27)25-26-24(29)32-17-22(30)28(20-11-12-20)19-8-3-2-4-9-19/h5-8,10,20H,2-4,9,11-17H2,1H3. The van der Waals surface area contributed by atoms with Crippen molar-refractivity contribution >= 4 is 23.6 Å². The smallest absolute Gasteiger partial charge is 0.237 e. The van der Waals surface area contributed by atoms with E-state index in [0.29, 0.717) is 25.0 Å². The second-order valence-corrected chi connectivity index (χ2v) is 9.67. The van der Waals surface area contributed by atoms with Gasteiger partial charge in [0.15, 0.2) is 5.16 Å². The molecule has 1 aliphatic heterocycles. The van der Waals surface area contributed by atoms with Gasteiger partial charge in [0, 0.05) is 24.8 Å². The molecule has 3 aliphatic rings. The summed E-state index contributed by atoms with van der Waals surface area (Å²) in [6, 6.07) is 8.67. The minimum atomic E-state index is 0.193. The molecular weight excluding hydrogens is 422 g/mol. The molecule has 1 saturated carbocycles. The highest BCUT2D eigenvalue weighted by molar-refractivity contribution is 7.99. The Bertz CT molecular complexity index is 994. The van der Waals surface area contributed by atoms with E-state index in [-0.39, 0.29) is 5.91 Å². The number of thioether (sulfide) groups is 1. The van der Waals surface area contributed by atoms with Crippen LogP contribution in [0.1, 0.15) is 44.1 Å². The summed E-state index contributed by atoms with van der Waals surface area (Å²) in [7, 11) is 0. The van der Waals surface area contributed by atoms with Crippen LogP contribution in [0.15, 0.2) is 41.2 Å². The van der Waals surface area contributed by atoms with Gasteiger partial charge in [-0.1, -0.05) is 36.0 Å². The van der Waals surface area contributed by atoms with E-state index in [1.165, 1.54) is 30.3 Å². The summed E-state index contributed by atoms with van der Waals surface area (Å²) in [5.74, 6) is 1.39. The van der Waals surface area contributed by atoms with Crippen LogP contribution >= 0.6 is 11.8 Å². The highest BCUT2D eigenvalue weighted by atomic mass is 32.2. The molecule has 1 saturated heterocycles. The monoisotopic (exact) mass is 453 g/mol. The van der Waals surface area contributed by atoms with Gasteiger partial charge in [-0.2, -0.15) is 0 Å². The van der Waals surface area contributed by atoms with Crippen molar-refractivity contribution in [3.8, 4) is 5.69 Å². The van der Waals surface area contributed by atoms with Crippen molar-refractivity contribution in [2.24, 2.45) is 0 Å². The second kappa shape index (κ2) is 9.67. The van der Waals surface area contributed by atoms with Crippen molar-refractivity contribution in [2.45, 2.75) is 56.6 Å². The first-order valence-electron chi connectivity index (χ1n) is 11.7. The molecule has 2 heterocycles. The van der Waals surface area contributed by atoms with Crippen LogP contribution in [0.5, 0.6) is 0 Å². The van der Waals surface area contributed by atoms with Crippen LogP contribution in [0.3, 0.4) is 0 Å². The number of morpholine rings is 1. The number of hydrogen-bond donors (Lipinski definition) is 0. The molecule has 2 aromatic rings. The van der Waals surface area contributed by atoms with Crippen molar-refractivity contribution in [1.82, 2.24) is 19.7 Å². The number of aryl methyl sites for hydroxylation is 1. The molecular formula is C24H31N5O2S. The normalized spacial score (nSPS) is 19.0. The summed E-state index contributed by atoms with van der Waals surface area (Å²) < 4.78 is 7.64. The van der Waals surface area contributed by atoms with Gasteiger partial charge in [-0.25, -0.2) is 0 Å². The van der Waals surface area contributed by atoms with Crippen LogP contribution in [0.25, 0.3) is 5.69 Å². The summed E-state index contributed by atoms with van der Waals surface area (Å²) >= 11 is 1.49. The first-order valence-corrected chi connectivity index (χ1v) is 12.7. The molecule has 1 aromatic heterocycles. The number of anilines is 1. The summed E-state index contributed by atoms with van der Waals surface area (Å²) in [4.78, 5) is 17.6. The average Bonchev–Trinajstić information content (AvgIpc) is 3.57. The summed E-state index contributed by atoms with van der Waals surface area (Å²) in [5.41, 5.74) is 3.45. The van der Waals surface area contributed by atoms with Gasteiger partial charge in [-0.05, 0) is 57.1 Å². The van der Waals surface area contributed by atoms with E-state index in [9.17, 15) is 4.79 Å². The molecule has 32 heavy (non-hydrogen) atoms.